The lowest BCUT2D eigenvalue weighted by Gasteiger charge is -2.21. The molecule has 0 heterocycles. The van der Waals surface area contributed by atoms with E-state index in [1.807, 2.05) is 0 Å². The van der Waals surface area contributed by atoms with Crippen molar-refractivity contribution in [2.45, 2.75) is 446 Å². The Labute approximate surface area is 619 Å². The van der Waals surface area contributed by atoms with Gasteiger partial charge in [-0.25, -0.2) is 9.13 Å². The molecule has 0 amide bonds. The summed E-state index contributed by atoms with van der Waals surface area (Å²) in [6, 6.07) is 0. The van der Waals surface area contributed by atoms with Crippen LogP contribution in [0.4, 0.5) is 0 Å². The quantitative estimate of drug-likeness (QED) is 0.0222. The fraction of sp³-hybridized carbons (Fsp3) is 0.951. The molecule has 0 saturated heterocycles. The van der Waals surface area contributed by atoms with Gasteiger partial charge < -0.3 is 33.8 Å². The van der Waals surface area contributed by atoms with Crippen LogP contribution in [-0.4, -0.2) is 96.7 Å². The summed E-state index contributed by atoms with van der Waals surface area (Å²) in [6.45, 7) is 11.9. The topological polar surface area (TPSA) is 237 Å². The molecular formula is C82H160O17P2. The average Bonchev–Trinajstić information content (AvgIpc) is 0.923. The number of aliphatic hydroxyl groups is 1. The van der Waals surface area contributed by atoms with E-state index in [-0.39, 0.29) is 25.7 Å². The zero-order chi connectivity index (χ0) is 74.4. The largest absolute Gasteiger partial charge is 0.472 e. The zero-order valence-corrected chi connectivity index (χ0v) is 68.2. The number of phosphoric ester groups is 2. The maximum absolute atomic E-state index is 13.1. The van der Waals surface area contributed by atoms with Crippen molar-refractivity contribution in [1.29, 1.82) is 0 Å². The molecular weight excluding hydrogens is 1320 g/mol. The molecule has 0 aliphatic carbocycles. The van der Waals surface area contributed by atoms with Crippen LogP contribution in [-0.2, 0) is 65.4 Å². The fourth-order valence-electron chi connectivity index (χ4n) is 12.6. The van der Waals surface area contributed by atoms with E-state index < -0.39 is 97.5 Å². The molecule has 600 valence electrons. The highest BCUT2D eigenvalue weighted by Gasteiger charge is 2.30. The molecule has 0 rings (SSSR count). The molecule has 0 aliphatic rings. The van der Waals surface area contributed by atoms with E-state index >= 15 is 0 Å². The third kappa shape index (κ3) is 74.7. The molecule has 19 heteroatoms. The Kier molecular flexibility index (Phi) is 70.9. The summed E-state index contributed by atoms with van der Waals surface area (Å²) in [5, 5.41) is 10.6. The summed E-state index contributed by atoms with van der Waals surface area (Å²) in [5.74, 6) is 0.182. The van der Waals surface area contributed by atoms with Gasteiger partial charge in [-0.15, -0.1) is 0 Å². The van der Waals surface area contributed by atoms with Crippen LogP contribution in [0.2, 0.25) is 0 Å². The Morgan fingerprint density at radius 1 is 0.287 bits per heavy atom. The number of unbranched alkanes of at least 4 members (excludes halogenated alkanes) is 47. The Hall–Kier alpha value is -1.94. The first-order valence-electron chi connectivity index (χ1n) is 42.4. The van der Waals surface area contributed by atoms with Crippen LogP contribution in [0.1, 0.15) is 427 Å². The maximum atomic E-state index is 13.1. The first kappa shape index (κ1) is 99.1. The molecule has 0 aliphatic heterocycles. The Morgan fingerprint density at radius 2 is 0.505 bits per heavy atom. The van der Waals surface area contributed by atoms with Crippen LogP contribution in [0.25, 0.3) is 0 Å². The third-order valence-electron chi connectivity index (χ3n) is 19.5. The lowest BCUT2D eigenvalue weighted by atomic mass is 9.99. The molecule has 3 unspecified atom stereocenters. The van der Waals surface area contributed by atoms with Crippen molar-refractivity contribution in [3.8, 4) is 0 Å². The van der Waals surface area contributed by atoms with Gasteiger partial charge in [0.25, 0.3) is 0 Å². The van der Waals surface area contributed by atoms with Crippen molar-refractivity contribution in [2.24, 2.45) is 17.8 Å². The van der Waals surface area contributed by atoms with Crippen molar-refractivity contribution >= 4 is 39.5 Å². The summed E-state index contributed by atoms with van der Waals surface area (Å²) in [4.78, 5) is 73.0. The van der Waals surface area contributed by atoms with Crippen LogP contribution >= 0.6 is 15.6 Å². The lowest BCUT2D eigenvalue weighted by Crippen LogP contribution is -2.30. The molecule has 0 bridgehead atoms. The summed E-state index contributed by atoms with van der Waals surface area (Å²) >= 11 is 0. The van der Waals surface area contributed by atoms with Crippen LogP contribution < -0.4 is 0 Å². The monoisotopic (exact) mass is 1480 g/mol. The van der Waals surface area contributed by atoms with Gasteiger partial charge in [0.05, 0.1) is 26.4 Å². The number of esters is 4. The lowest BCUT2D eigenvalue weighted by molar-refractivity contribution is -0.161. The van der Waals surface area contributed by atoms with Gasteiger partial charge in [0.15, 0.2) is 12.2 Å². The zero-order valence-electron chi connectivity index (χ0n) is 66.4. The number of carbonyl (C=O) groups is 4. The van der Waals surface area contributed by atoms with E-state index in [0.717, 1.165) is 108 Å². The summed E-state index contributed by atoms with van der Waals surface area (Å²) in [7, 11) is -9.92. The van der Waals surface area contributed by atoms with Gasteiger partial charge in [-0.3, -0.25) is 37.3 Å². The minimum absolute atomic E-state index is 0.104. The van der Waals surface area contributed by atoms with Crippen molar-refractivity contribution in [3.05, 3.63) is 0 Å². The molecule has 0 spiro atoms. The number of ether oxygens (including phenoxy) is 4. The van der Waals surface area contributed by atoms with E-state index in [9.17, 15) is 43.2 Å². The molecule has 17 nitrogen and oxygen atoms in total. The summed E-state index contributed by atoms with van der Waals surface area (Å²) in [5.41, 5.74) is 0. The number of hydrogen-bond acceptors (Lipinski definition) is 15. The smallest absolute Gasteiger partial charge is 0.462 e. The highest BCUT2D eigenvalue weighted by molar-refractivity contribution is 7.47. The number of carbonyl (C=O) groups excluding carboxylic acids is 4. The van der Waals surface area contributed by atoms with Gasteiger partial charge >= 0.3 is 39.5 Å². The van der Waals surface area contributed by atoms with Crippen molar-refractivity contribution < 1.29 is 80.2 Å². The number of rotatable bonds is 80. The molecule has 0 aromatic rings. The van der Waals surface area contributed by atoms with Gasteiger partial charge in [0, 0.05) is 25.7 Å². The fourth-order valence-corrected chi connectivity index (χ4v) is 14.2. The minimum atomic E-state index is -4.96. The highest BCUT2D eigenvalue weighted by atomic mass is 31.2. The summed E-state index contributed by atoms with van der Waals surface area (Å²) < 4.78 is 68.7. The van der Waals surface area contributed by atoms with Crippen LogP contribution in [0.15, 0.2) is 0 Å². The van der Waals surface area contributed by atoms with Gasteiger partial charge in [-0.05, 0) is 43.4 Å². The van der Waals surface area contributed by atoms with Crippen LogP contribution in [0, 0.1) is 17.8 Å². The molecule has 0 fully saturated rings. The highest BCUT2D eigenvalue weighted by Crippen LogP contribution is 2.45. The molecule has 0 saturated carbocycles. The van der Waals surface area contributed by atoms with E-state index in [4.69, 9.17) is 37.0 Å². The van der Waals surface area contributed by atoms with E-state index in [2.05, 4.69) is 48.5 Å². The van der Waals surface area contributed by atoms with E-state index in [1.54, 1.807) is 0 Å². The van der Waals surface area contributed by atoms with Crippen molar-refractivity contribution in [1.82, 2.24) is 0 Å². The molecule has 6 atom stereocenters. The minimum Gasteiger partial charge on any atom is -0.462 e. The standard InChI is InChI=1S/C82H160O17P2/c1-8-10-11-12-13-14-15-16-17-18-19-20-21-22-23-28-31-34-44-51-58-65-81(86)98-77(69-92-79(84)63-56-49-42-33-30-27-25-24-26-29-32-39-46-53-60-73(3)4)71-96-100(88,89)94-67-76(83)68-95-101(90,91)97-72-78(70-93-80(85)64-57-50-43-37-35-40-47-54-61-74(5)6)99-82(87)66-59-52-45-38-36-41-48-55-62-75(7)9-2/h73-78,83H,8-72H2,1-7H3,(H,88,89)(H,90,91)/t75?,76-,77-,78-/m1/s1. The maximum Gasteiger partial charge on any atom is 0.472 e. The normalized spacial score (nSPS) is 14.2. The molecule has 0 aromatic carbocycles. The van der Waals surface area contributed by atoms with E-state index in [1.165, 1.54) is 238 Å². The van der Waals surface area contributed by atoms with Crippen LogP contribution in [0.5, 0.6) is 0 Å². The van der Waals surface area contributed by atoms with Crippen LogP contribution in [0.3, 0.4) is 0 Å². The second-order valence-corrected chi connectivity index (χ2v) is 33.6. The summed E-state index contributed by atoms with van der Waals surface area (Å²) in [6.07, 6.45) is 61.2. The second-order valence-electron chi connectivity index (χ2n) is 30.7. The molecule has 0 radical (unpaired) electrons. The van der Waals surface area contributed by atoms with Gasteiger partial charge in [-0.2, -0.15) is 0 Å². The number of hydrogen-bond donors (Lipinski definition) is 3. The third-order valence-corrected chi connectivity index (χ3v) is 21.4. The Balaban J connectivity index is 5.23. The van der Waals surface area contributed by atoms with Crippen molar-refractivity contribution in [3.63, 3.8) is 0 Å². The predicted molar refractivity (Wildman–Crippen MR) is 414 cm³/mol. The first-order chi connectivity index (χ1) is 48.8. The van der Waals surface area contributed by atoms with Crippen molar-refractivity contribution in [2.75, 3.05) is 39.6 Å². The number of phosphoric acid groups is 2. The molecule has 0 aromatic heterocycles. The Morgan fingerprint density at radius 3 is 0.752 bits per heavy atom. The van der Waals surface area contributed by atoms with E-state index in [0.29, 0.717) is 25.7 Å². The predicted octanol–water partition coefficient (Wildman–Crippen LogP) is 24.5. The average molecular weight is 1480 g/mol. The van der Waals surface area contributed by atoms with Gasteiger partial charge in [0.2, 0.25) is 0 Å². The Bertz CT molecular complexity index is 1960. The van der Waals surface area contributed by atoms with Gasteiger partial charge in [0.1, 0.15) is 19.3 Å². The SMILES string of the molecule is CCCCCCCCCCCCCCCCCCCCCCCC(=O)O[C@H](COC(=O)CCCCCCCCCCCCCCCCC(C)C)COP(=O)(O)OC[C@@H](O)COP(=O)(O)OC[C@@H](COC(=O)CCCCCCCCCCC(C)C)OC(=O)CCCCCCCCCCC(C)CC. The van der Waals surface area contributed by atoms with Gasteiger partial charge in [-0.1, -0.05) is 376 Å². The molecule has 3 N–H and O–H groups in total. The number of aliphatic hydroxyl groups excluding tert-OH is 1. The second kappa shape index (κ2) is 72.3. The molecule has 101 heavy (non-hydrogen) atoms. The first-order valence-corrected chi connectivity index (χ1v) is 45.4.